The van der Waals surface area contributed by atoms with Gasteiger partial charge in [-0.05, 0) is 0 Å². The van der Waals surface area contributed by atoms with Crippen LogP contribution in [-0.4, -0.2) is 23.3 Å². The van der Waals surface area contributed by atoms with E-state index in [2.05, 4.69) is 22.6 Å². The molecule has 0 radical (unpaired) electrons. The van der Waals surface area contributed by atoms with Crippen LogP contribution in [0.2, 0.25) is 0 Å². The molecule has 0 amide bonds. The van der Waals surface area contributed by atoms with Gasteiger partial charge in [-0.1, -0.05) is 22.6 Å². The van der Waals surface area contributed by atoms with E-state index in [0.29, 0.717) is 13.0 Å². The van der Waals surface area contributed by atoms with Crippen molar-refractivity contribution in [3.05, 3.63) is 0 Å². The summed E-state index contributed by atoms with van der Waals surface area (Å²) in [5, 5.41) is 0. The van der Waals surface area contributed by atoms with Gasteiger partial charge in [0.15, 0.2) is 0 Å². The highest BCUT2D eigenvalue weighted by molar-refractivity contribution is 14.1. The van der Waals surface area contributed by atoms with E-state index in [0.717, 1.165) is 4.43 Å². The van der Waals surface area contributed by atoms with Crippen LogP contribution in [0, 0.1) is 0 Å². The van der Waals surface area contributed by atoms with Gasteiger partial charge in [0.1, 0.15) is 6.17 Å². The van der Waals surface area contributed by atoms with Crippen molar-refractivity contribution in [2.45, 2.75) is 18.7 Å². The molecule has 2 atom stereocenters. The van der Waals surface area contributed by atoms with Gasteiger partial charge < -0.3 is 4.74 Å². The number of halogens is 2. The van der Waals surface area contributed by atoms with Crippen LogP contribution < -0.4 is 0 Å². The summed E-state index contributed by atoms with van der Waals surface area (Å²) >= 11 is 2.14. The Balaban J connectivity index is 2.30. The number of rotatable bonds is 1. The monoisotopic (exact) mass is 230 g/mol. The van der Waals surface area contributed by atoms with Crippen LogP contribution >= 0.6 is 22.6 Å². The van der Waals surface area contributed by atoms with Gasteiger partial charge in [0.25, 0.3) is 0 Å². The van der Waals surface area contributed by atoms with Gasteiger partial charge in [-0.15, -0.1) is 0 Å². The van der Waals surface area contributed by atoms with E-state index >= 15 is 0 Å². The average Bonchev–Trinajstić information content (AvgIpc) is 2.14. The van der Waals surface area contributed by atoms with Crippen LogP contribution in [-0.2, 0) is 4.74 Å². The molecule has 0 aromatic rings. The smallest absolute Gasteiger partial charge is 0.129 e. The van der Waals surface area contributed by atoms with Crippen molar-refractivity contribution in [3.63, 3.8) is 0 Å². The molecule has 1 aliphatic heterocycles. The molecule has 0 spiro atoms. The highest BCUT2D eigenvalue weighted by Gasteiger charge is 2.26. The Morgan fingerprint density at radius 1 is 1.75 bits per heavy atom. The summed E-state index contributed by atoms with van der Waals surface area (Å²) in [4.78, 5) is 0. The molecule has 0 bridgehead atoms. The zero-order valence-electron chi connectivity index (χ0n) is 4.44. The summed E-state index contributed by atoms with van der Waals surface area (Å²) in [5.41, 5.74) is 0. The maximum absolute atomic E-state index is 12.5. The van der Waals surface area contributed by atoms with E-state index in [1.807, 2.05) is 0 Å². The fourth-order valence-corrected chi connectivity index (χ4v) is 1.57. The van der Waals surface area contributed by atoms with Crippen LogP contribution in [0.15, 0.2) is 0 Å². The van der Waals surface area contributed by atoms with E-state index in [1.165, 1.54) is 0 Å². The second kappa shape index (κ2) is 2.96. The molecule has 0 aromatic heterocycles. The summed E-state index contributed by atoms with van der Waals surface area (Å²) in [7, 11) is 0. The van der Waals surface area contributed by atoms with Gasteiger partial charge >= 0.3 is 0 Å². The second-order valence-corrected chi connectivity index (χ2v) is 2.75. The number of ether oxygens (including phenoxy) is 1. The lowest BCUT2D eigenvalue weighted by Crippen LogP contribution is -2.17. The minimum atomic E-state index is -0.702. The van der Waals surface area contributed by atoms with Gasteiger partial charge in [0, 0.05) is 17.5 Å². The lowest BCUT2D eigenvalue weighted by Gasteiger charge is -2.05. The van der Waals surface area contributed by atoms with Crippen LogP contribution in [0.1, 0.15) is 6.42 Å². The van der Waals surface area contributed by atoms with Crippen molar-refractivity contribution in [1.82, 2.24) is 0 Å². The normalized spacial score (nSPS) is 38.2. The first-order valence-corrected chi connectivity index (χ1v) is 4.19. The Labute approximate surface area is 61.7 Å². The van der Waals surface area contributed by atoms with Gasteiger partial charge in [-0.25, -0.2) is 4.39 Å². The Morgan fingerprint density at radius 3 is 2.75 bits per heavy atom. The second-order valence-electron chi connectivity index (χ2n) is 1.87. The Morgan fingerprint density at radius 2 is 2.50 bits per heavy atom. The molecule has 0 aliphatic carbocycles. The quantitative estimate of drug-likeness (QED) is 0.490. The van der Waals surface area contributed by atoms with Crippen molar-refractivity contribution < 1.29 is 9.13 Å². The van der Waals surface area contributed by atoms with E-state index in [4.69, 9.17) is 4.74 Å². The third-order valence-electron chi connectivity index (χ3n) is 1.28. The van der Waals surface area contributed by atoms with Crippen molar-refractivity contribution in [2.24, 2.45) is 0 Å². The fourth-order valence-electron chi connectivity index (χ4n) is 0.764. The predicted molar refractivity (Wildman–Crippen MR) is 38.1 cm³/mol. The highest BCUT2D eigenvalue weighted by atomic mass is 127. The van der Waals surface area contributed by atoms with E-state index < -0.39 is 6.17 Å². The Hall–Kier alpha value is 0.620. The molecule has 1 saturated heterocycles. The molecule has 1 nitrogen and oxygen atoms in total. The van der Waals surface area contributed by atoms with Crippen molar-refractivity contribution in [3.8, 4) is 0 Å². The van der Waals surface area contributed by atoms with Crippen molar-refractivity contribution in [1.29, 1.82) is 0 Å². The molecule has 8 heavy (non-hydrogen) atoms. The van der Waals surface area contributed by atoms with Gasteiger partial charge in [-0.3, -0.25) is 0 Å². The van der Waals surface area contributed by atoms with Gasteiger partial charge in [-0.2, -0.15) is 0 Å². The SMILES string of the molecule is F[C@@H]1CCO[C@@H]1CI. The molecule has 1 fully saturated rings. The maximum atomic E-state index is 12.5. The van der Waals surface area contributed by atoms with Crippen molar-refractivity contribution in [2.75, 3.05) is 11.0 Å². The van der Waals surface area contributed by atoms with E-state index in [-0.39, 0.29) is 6.10 Å². The number of hydrogen-bond donors (Lipinski definition) is 0. The third-order valence-corrected chi connectivity index (χ3v) is 2.15. The first-order valence-electron chi connectivity index (χ1n) is 2.66. The number of hydrogen-bond acceptors (Lipinski definition) is 1. The lowest BCUT2D eigenvalue weighted by atomic mass is 10.2. The van der Waals surface area contributed by atoms with E-state index in [9.17, 15) is 4.39 Å². The summed E-state index contributed by atoms with van der Waals surface area (Å²) in [6, 6.07) is 0. The molecular weight excluding hydrogens is 222 g/mol. The molecule has 1 heterocycles. The van der Waals surface area contributed by atoms with Crippen LogP contribution in [0.25, 0.3) is 0 Å². The zero-order chi connectivity index (χ0) is 5.98. The van der Waals surface area contributed by atoms with Crippen LogP contribution in [0.4, 0.5) is 4.39 Å². The molecule has 0 saturated carbocycles. The molecule has 1 aliphatic rings. The van der Waals surface area contributed by atoms with Gasteiger partial charge in [0.2, 0.25) is 0 Å². The first-order chi connectivity index (χ1) is 3.84. The molecule has 0 aromatic carbocycles. The van der Waals surface area contributed by atoms with E-state index in [1.54, 1.807) is 0 Å². The molecule has 1 rings (SSSR count). The van der Waals surface area contributed by atoms with Crippen LogP contribution in [0.5, 0.6) is 0 Å². The average molecular weight is 230 g/mol. The standard InChI is InChI=1S/C5H8FIO/c6-4-1-2-8-5(4)3-7/h4-5H,1-3H2/t4-,5-/m1/s1. The minimum absolute atomic E-state index is 0.115. The third kappa shape index (κ3) is 1.31. The summed E-state index contributed by atoms with van der Waals surface area (Å²) < 4.78 is 18.3. The maximum Gasteiger partial charge on any atom is 0.129 e. The molecule has 0 N–H and O–H groups in total. The molecule has 3 heteroatoms. The molecule has 48 valence electrons. The summed E-state index contributed by atoms with van der Waals surface area (Å²) in [5.74, 6) is 0. The minimum Gasteiger partial charge on any atom is -0.374 e. The Kier molecular flexibility index (Phi) is 2.49. The molecule has 0 unspecified atom stereocenters. The summed E-state index contributed by atoms with van der Waals surface area (Å²) in [6.45, 7) is 0.606. The predicted octanol–water partition coefficient (Wildman–Crippen LogP) is 1.55. The van der Waals surface area contributed by atoms with Crippen LogP contribution in [0.3, 0.4) is 0 Å². The fraction of sp³-hybridized carbons (Fsp3) is 1.00. The zero-order valence-corrected chi connectivity index (χ0v) is 6.60. The largest absolute Gasteiger partial charge is 0.374 e. The Bertz CT molecular complexity index is 78.8. The lowest BCUT2D eigenvalue weighted by molar-refractivity contribution is 0.0984. The molecular formula is C5H8FIO. The number of alkyl halides is 2. The summed E-state index contributed by atoms with van der Waals surface area (Å²) in [6.07, 6.45) is -0.226. The van der Waals surface area contributed by atoms with Crippen molar-refractivity contribution >= 4 is 22.6 Å². The topological polar surface area (TPSA) is 9.23 Å². The highest BCUT2D eigenvalue weighted by Crippen LogP contribution is 2.18. The van der Waals surface area contributed by atoms with Gasteiger partial charge in [0.05, 0.1) is 6.10 Å². The first kappa shape index (κ1) is 6.74.